The van der Waals surface area contributed by atoms with Crippen molar-refractivity contribution in [3.63, 3.8) is 0 Å². The molecule has 0 aliphatic carbocycles. The minimum atomic E-state index is -0.150. The van der Waals surface area contributed by atoms with E-state index < -0.39 is 0 Å². The average molecular weight is 349 g/mol. The predicted molar refractivity (Wildman–Crippen MR) is 101 cm³/mol. The average Bonchev–Trinajstić information content (AvgIpc) is 2.93. The van der Waals surface area contributed by atoms with Crippen LogP contribution in [0.2, 0.25) is 0 Å². The normalized spacial score (nSPS) is 15.0. The van der Waals surface area contributed by atoms with Crippen molar-refractivity contribution in [2.45, 2.75) is 11.4 Å². The molecule has 3 rings (SSSR count). The third kappa shape index (κ3) is 3.76. The number of rotatable bonds is 5. The number of thioether (sulfide) groups is 1. The first-order chi connectivity index (χ1) is 12.1. The summed E-state index contributed by atoms with van der Waals surface area (Å²) >= 11 is 1.48. The molecule has 1 heterocycles. The zero-order valence-electron chi connectivity index (χ0n) is 14.3. The quantitative estimate of drug-likeness (QED) is 0.609. The largest absolute Gasteiger partial charge is 0.337 e. The number of benzene rings is 2. The highest BCUT2D eigenvalue weighted by molar-refractivity contribution is 8.03. The van der Waals surface area contributed by atoms with Crippen LogP contribution in [-0.4, -0.2) is 31.3 Å². The summed E-state index contributed by atoms with van der Waals surface area (Å²) in [5, 5.41) is 10.3. The first kappa shape index (κ1) is 17.3. The number of hydrogen-bond acceptors (Lipinski definition) is 5. The maximum atomic E-state index is 12.7. The van der Waals surface area contributed by atoms with E-state index in [0.717, 1.165) is 16.1 Å². The van der Waals surface area contributed by atoms with E-state index in [2.05, 4.69) is 6.07 Å². The third-order valence-electron chi connectivity index (χ3n) is 4.05. The second kappa shape index (κ2) is 7.56. The fourth-order valence-electron chi connectivity index (χ4n) is 2.83. The lowest BCUT2D eigenvalue weighted by Gasteiger charge is -2.18. The van der Waals surface area contributed by atoms with E-state index in [1.807, 2.05) is 78.5 Å². The number of Topliss-reactive ketones (excluding diaryl/α,β-unsaturated/α-hetero) is 1. The van der Waals surface area contributed by atoms with E-state index in [1.165, 1.54) is 11.8 Å². The van der Waals surface area contributed by atoms with Gasteiger partial charge >= 0.3 is 0 Å². The molecule has 1 aliphatic rings. The molecule has 4 nitrogen and oxygen atoms in total. The monoisotopic (exact) mass is 349 g/mol. The van der Waals surface area contributed by atoms with Crippen LogP contribution in [0.25, 0.3) is 0 Å². The standard InChI is InChI=1S/C20H19N3OS/c1-22(13-15-8-4-3-5-9-15)14-18(24)16(12-21)20-23(2)17-10-6-7-11-19(17)25-20/h3-11H,13-14H2,1-2H3/b20-16-. The van der Waals surface area contributed by atoms with E-state index in [9.17, 15) is 10.1 Å². The Bertz CT molecular complexity index is 855. The molecular formula is C20H19N3OS. The molecule has 0 N–H and O–H groups in total. The number of para-hydroxylation sites is 1. The molecule has 5 heteroatoms. The van der Waals surface area contributed by atoms with Gasteiger partial charge in [-0.25, -0.2) is 0 Å². The summed E-state index contributed by atoms with van der Waals surface area (Å²) in [7, 11) is 3.79. The molecule has 25 heavy (non-hydrogen) atoms. The van der Waals surface area contributed by atoms with Gasteiger partial charge in [0.2, 0.25) is 0 Å². The Morgan fingerprint density at radius 1 is 1.16 bits per heavy atom. The molecular weight excluding hydrogens is 330 g/mol. The molecule has 0 radical (unpaired) electrons. The van der Waals surface area contributed by atoms with Gasteiger partial charge in [-0.1, -0.05) is 54.2 Å². The molecule has 0 saturated heterocycles. The lowest BCUT2D eigenvalue weighted by Crippen LogP contribution is -2.27. The fourth-order valence-corrected chi connectivity index (χ4v) is 3.99. The predicted octanol–water partition coefficient (Wildman–Crippen LogP) is 3.66. The highest BCUT2D eigenvalue weighted by Gasteiger charge is 2.28. The number of ketones is 1. The number of carbonyl (C=O) groups excluding carboxylic acids is 1. The first-order valence-corrected chi connectivity index (χ1v) is 8.82. The van der Waals surface area contributed by atoms with Gasteiger partial charge < -0.3 is 4.90 Å². The van der Waals surface area contributed by atoms with Gasteiger partial charge in [0.1, 0.15) is 16.7 Å². The summed E-state index contributed by atoms with van der Waals surface area (Å²) in [5.74, 6) is -0.150. The van der Waals surface area contributed by atoms with Gasteiger partial charge in [0, 0.05) is 18.5 Å². The van der Waals surface area contributed by atoms with Crippen LogP contribution in [0.15, 0.2) is 70.1 Å². The van der Waals surface area contributed by atoms with Gasteiger partial charge in [-0.3, -0.25) is 9.69 Å². The lowest BCUT2D eigenvalue weighted by molar-refractivity contribution is -0.116. The van der Waals surface area contributed by atoms with Crippen LogP contribution in [0.5, 0.6) is 0 Å². The third-order valence-corrected chi connectivity index (χ3v) is 5.29. The van der Waals surface area contributed by atoms with Gasteiger partial charge in [-0.05, 0) is 24.7 Å². The molecule has 1 aliphatic heterocycles. The number of nitriles is 1. The highest BCUT2D eigenvalue weighted by atomic mass is 32.2. The first-order valence-electron chi connectivity index (χ1n) is 8.01. The number of anilines is 1. The molecule has 0 saturated carbocycles. The van der Waals surface area contributed by atoms with E-state index in [0.29, 0.717) is 11.6 Å². The Morgan fingerprint density at radius 3 is 2.52 bits per heavy atom. The number of likely N-dealkylation sites (N-methyl/N-ethyl adjacent to an activating group) is 1. The molecule has 0 spiro atoms. The molecule has 0 aromatic heterocycles. The number of carbonyl (C=O) groups is 1. The fraction of sp³-hybridized carbons (Fsp3) is 0.200. The van der Waals surface area contributed by atoms with Crippen molar-refractivity contribution >= 4 is 23.2 Å². The summed E-state index contributed by atoms with van der Waals surface area (Å²) < 4.78 is 0. The van der Waals surface area contributed by atoms with Gasteiger partial charge in [-0.15, -0.1) is 0 Å². The van der Waals surface area contributed by atoms with Crippen molar-refractivity contribution in [1.29, 1.82) is 5.26 Å². The molecule has 0 bridgehead atoms. The van der Waals surface area contributed by atoms with E-state index in [4.69, 9.17) is 0 Å². The summed E-state index contributed by atoms with van der Waals surface area (Å²) in [6.07, 6.45) is 0. The number of fused-ring (bicyclic) bond motifs is 1. The van der Waals surface area contributed by atoms with Gasteiger partial charge in [-0.2, -0.15) is 5.26 Å². The summed E-state index contributed by atoms with van der Waals surface area (Å²) in [6, 6.07) is 20.0. The number of hydrogen-bond donors (Lipinski definition) is 0. The summed E-state index contributed by atoms with van der Waals surface area (Å²) in [6.45, 7) is 0.885. The highest BCUT2D eigenvalue weighted by Crippen LogP contribution is 2.46. The van der Waals surface area contributed by atoms with E-state index in [-0.39, 0.29) is 17.9 Å². The van der Waals surface area contributed by atoms with E-state index in [1.54, 1.807) is 0 Å². The summed E-state index contributed by atoms with van der Waals surface area (Å²) in [4.78, 5) is 17.6. The molecule has 2 aromatic rings. The Hall–Kier alpha value is -2.55. The van der Waals surface area contributed by atoms with Crippen LogP contribution in [-0.2, 0) is 11.3 Å². The van der Waals surface area contributed by atoms with Gasteiger partial charge in [0.05, 0.1) is 12.2 Å². The maximum absolute atomic E-state index is 12.7. The van der Waals surface area contributed by atoms with Gasteiger partial charge in [0.25, 0.3) is 0 Å². The Balaban J connectivity index is 1.75. The molecule has 0 atom stereocenters. The zero-order chi connectivity index (χ0) is 17.8. The molecule has 0 amide bonds. The number of nitrogens with zero attached hydrogens (tertiary/aromatic N) is 3. The minimum absolute atomic E-state index is 0.150. The van der Waals surface area contributed by atoms with Crippen LogP contribution in [0, 0.1) is 11.3 Å². The van der Waals surface area contributed by atoms with Crippen molar-refractivity contribution in [2.75, 3.05) is 25.5 Å². The molecule has 126 valence electrons. The van der Waals surface area contributed by atoms with Crippen molar-refractivity contribution < 1.29 is 4.79 Å². The zero-order valence-corrected chi connectivity index (χ0v) is 15.1. The molecule has 0 fully saturated rings. The smallest absolute Gasteiger partial charge is 0.190 e. The Kier molecular flexibility index (Phi) is 5.22. The second-order valence-electron chi connectivity index (χ2n) is 6.00. The van der Waals surface area contributed by atoms with Crippen molar-refractivity contribution in [2.24, 2.45) is 0 Å². The summed E-state index contributed by atoms with van der Waals surface area (Å²) in [5.41, 5.74) is 2.40. The maximum Gasteiger partial charge on any atom is 0.190 e. The van der Waals surface area contributed by atoms with Crippen LogP contribution < -0.4 is 4.90 Å². The lowest BCUT2D eigenvalue weighted by atomic mass is 10.1. The Labute approximate surface area is 152 Å². The SMILES string of the molecule is CN(CC(=O)/C(C#N)=C1\Sc2ccccc2N1C)Cc1ccccc1. The molecule has 2 aromatic carbocycles. The van der Waals surface area contributed by atoms with Crippen LogP contribution in [0.1, 0.15) is 5.56 Å². The molecule has 0 unspecified atom stereocenters. The van der Waals surface area contributed by atoms with Gasteiger partial charge in [0.15, 0.2) is 5.78 Å². The minimum Gasteiger partial charge on any atom is -0.337 e. The van der Waals surface area contributed by atoms with Crippen molar-refractivity contribution in [3.8, 4) is 6.07 Å². The van der Waals surface area contributed by atoms with Crippen LogP contribution in [0.3, 0.4) is 0 Å². The van der Waals surface area contributed by atoms with Crippen molar-refractivity contribution in [1.82, 2.24) is 4.90 Å². The topological polar surface area (TPSA) is 47.3 Å². The van der Waals surface area contributed by atoms with Crippen molar-refractivity contribution in [3.05, 3.63) is 70.8 Å². The van der Waals surface area contributed by atoms with E-state index >= 15 is 0 Å². The second-order valence-corrected chi connectivity index (χ2v) is 7.03. The van der Waals surface area contributed by atoms with Crippen LogP contribution in [0.4, 0.5) is 5.69 Å². The Morgan fingerprint density at radius 2 is 1.84 bits per heavy atom. The van der Waals surface area contributed by atoms with Crippen LogP contribution >= 0.6 is 11.8 Å².